The van der Waals surface area contributed by atoms with E-state index < -0.39 is 23.4 Å². The van der Waals surface area contributed by atoms with E-state index in [1.165, 1.54) is 6.92 Å². The first-order chi connectivity index (χ1) is 15.5. The number of para-hydroxylation sites is 1. The molecule has 3 aliphatic carbocycles. The molecule has 0 aromatic heterocycles. The molecule has 2 amide bonds. The van der Waals surface area contributed by atoms with Gasteiger partial charge in [-0.3, -0.25) is 19.8 Å². The topological polar surface area (TPSA) is 75.7 Å². The average molecular weight is 424 g/mol. The molecule has 1 fully saturated rings. The molecule has 158 valence electrons. The van der Waals surface area contributed by atoms with Gasteiger partial charge in [-0.05, 0) is 23.3 Å². The number of hydrogen-bond acceptors (Lipinski definition) is 5. The summed E-state index contributed by atoms with van der Waals surface area (Å²) in [5, 5.41) is 1.10. The van der Waals surface area contributed by atoms with Crippen LogP contribution in [0.25, 0.3) is 0 Å². The Kier molecular flexibility index (Phi) is 3.84. The van der Waals surface area contributed by atoms with Crippen LogP contribution in [0.1, 0.15) is 35.1 Å². The summed E-state index contributed by atoms with van der Waals surface area (Å²) in [4.78, 5) is 39.9. The SMILES string of the molecule is CC(=O)OC12c3ccccc3C(c3ccccc31)[C@@H]1C(=O)N(Nc3ccccc3)C(=O)[C@H]12. The van der Waals surface area contributed by atoms with Gasteiger partial charge in [-0.25, -0.2) is 0 Å². The second-order valence-electron chi connectivity index (χ2n) is 8.47. The minimum absolute atomic E-state index is 0.288. The van der Waals surface area contributed by atoms with Crippen LogP contribution in [0.5, 0.6) is 0 Å². The first kappa shape index (κ1) is 18.8. The van der Waals surface area contributed by atoms with Gasteiger partial charge >= 0.3 is 5.97 Å². The van der Waals surface area contributed by atoms with Crippen LogP contribution in [-0.2, 0) is 24.7 Å². The van der Waals surface area contributed by atoms with Crippen molar-refractivity contribution in [3.8, 4) is 0 Å². The number of carbonyl (C=O) groups is 3. The molecule has 3 aromatic carbocycles. The third kappa shape index (κ3) is 2.26. The predicted molar refractivity (Wildman–Crippen MR) is 116 cm³/mol. The molecule has 2 bridgehead atoms. The molecular weight excluding hydrogens is 404 g/mol. The molecule has 0 saturated carbocycles. The van der Waals surface area contributed by atoms with E-state index in [0.29, 0.717) is 5.69 Å². The van der Waals surface area contributed by atoms with Crippen molar-refractivity contribution < 1.29 is 19.1 Å². The number of ether oxygens (including phenoxy) is 1. The third-order valence-electron chi connectivity index (χ3n) is 6.86. The van der Waals surface area contributed by atoms with Crippen molar-refractivity contribution in [2.75, 3.05) is 5.43 Å². The van der Waals surface area contributed by atoms with E-state index in [1.807, 2.05) is 66.7 Å². The number of hydrazine groups is 1. The van der Waals surface area contributed by atoms with Crippen molar-refractivity contribution in [3.63, 3.8) is 0 Å². The van der Waals surface area contributed by atoms with Gasteiger partial charge in [0.1, 0.15) is 5.92 Å². The molecule has 6 nitrogen and oxygen atoms in total. The van der Waals surface area contributed by atoms with Crippen LogP contribution in [0.15, 0.2) is 78.9 Å². The molecule has 0 spiro atoms. The summed E-state index contributed by atoms with van der Waals surface area (Å²) in [6.45, 7) is 1.34. The maximum atomic E-state index is 13.8. The van der Waals surface area contributed by atoms with Crippen molar-refractivity contribution in [1.82, 2.24) is 5.01 Å². The lowest BCUT2D eigenvalue weighted by Gasteiger charge is -2.52. The zero-order valence-electron chi connectivity index (χ0n) is 17.3. The Labute approximate surface area is 184 Å². The van der Waals surface area contributed by atoms with Gasteiger partial charge in [0.25, 0.3) is 11.8 Å². The fourth-order valence-corrected chi connectivity index (χ4v) is 5.85. The van der Waals surface area contributed by atoms with Gasteiger partial charge in [0.2, 0.25) is 0 Å². The number of imide groups is 1. The van der Waals surface area contributed by atoms with Gasteiger partial charge in [0.05, 0.1) is 11.6 Å². The summed E-state index contributed by atoms with van der Waals surface area (Å²) in [6, 6.07) is 24.4. The number of nitrogens with one attached hydrogen (secondary N) is 1. The number of amides is 2. The minimum atomic E-state index is -1.35. The molecule has 32 heavy (non-hydrogen) atoms. The van der Waals surface area contributed by atoms with Crippen LogP contribution >= 0.6 is 0 Å². The van der Waals surface area contributed by atoms with Crippen molar-refractivity contribution in [1.29, 1.82) is 0 Å². The zero-order valence-corrected chi connectivity index (χ0v) is 17.3. The lowest BCUT2D eigenvalue weighted by atomic mass is 9.52. The molecule has 7 rings (SSSR count). The molecule has 0 unspecified atom stereocenters. The predicted octanol–water partition coefficient (Wildman–Crippen LogP) is 3.58. The summed E-state index contributed by atoms with van der Waals surface area (Å²) >= 11 is 0. The quantitative estimate of drug-likeness (QED) is 0.514. The number of esters is 1. The Morgan fingerprint density at radius 3 is 2.00 bits per heavy atom. The highest BCUT2D eigenvalue weighted by molar-refractivity contribution is 6.09. The summed E-state index contributed by atoms with van der Waals surface area (Å²) in [7, 11) is 0. The first-order valence-electron chi connectivity index (χ1n) is 10.6. The first-order valence-corrected chi connectivity index (χ1v) is 10.6. The molecule has 0 radical (unpaired) electrons. The van der Waals surface area contributed by atoms with Gasteiger partial charge < -0.3 is 4.74 Å². The average Bonchev–Trinajstić information content (AvgIpc) is 3.06. The summed E-state index contributed by atoms with van der Waals surface area (Å²) in [5.41, 5.74) is 5.69. The lowest BCUT2D eigenvalue weighted by molar-refractivity contribution is -0.167. The molecule has 6 heteroatoms. The Morgan fingerprint density at radius 2 is 1.41 bits per heavy atom. The zero-order chi connectivity index (χ0) is 22.0. The fraction of sp³-hybridized carbons (Fsp3) is 0.192. The maximum absolute atomic E-state index is 13.8. The monoisotopic (exact) mass is 424 g/mol. The number of carbonyl (C=O) groups excluding carboxylic acids is 3. The highest BCUT2D eigenvalue weighted by Gasteiger charge is 2.70. The van der Waals surface area contributed by atoms with Crippen molar-refractivity contribution in [2.24, 2.45) is 11.8 Å². The van der Waals surface area contributed by atoms with E-state index >= 15 is 0 Å². The highest BCUT2D eigenvalue weighted by Crippen LogP contribution is 2.64. The van der Waals surface area contributed by atoms with E-state index in [-0.39, 0.29) is 17.7 Å². The standard InChI is InChI=1S/C26H20N2O4/c1-15(29)32-26-19-13-7-5-11-17(19)21(18-12-6-8-14-20(18)26)22-23(26)25(31)28(24(22)30)27-16-9-3-2-4-10-16/h2-14,21-23,27H,1H3/t21?,22-,23-,26?/m0/s1. The van der Waals surface area contributed by atoms with Crippen LogP contribution in [0.2, 0.25) is 0 Å². The van der Waals surface area contributed by atoms with Crippen LogP contribution < -0.4 is 5.43 Å². The number of hydrogen-bond donors (Lipinski definition) is 1. The van der Waals surface area contributed by atoms with Crippen LogP contribution in [0, 0.1) is 11.8 Å². The van der Waals surface area contributed by atoms with Crippen molar-refractivity contribution in [3.05, 3.63) is 101 Å². The van der Waals surface area contributed by atoms with Crippen LogP contribution in [-0.4, -0.2) is 22.8 Å². The second kappa shape index (κ2) is 6.53. The molecule has 1 N–H and O–H groups in total. The van der Waals surface area contributed by atoms with Crippen LogP contribution in [0.4, 0.5) is 5.69 Å². The molecule has 1 saturated heterocycles. The molecule has 1 heterocycles. The fourth-order valence-electron chi connectivity index (χ4n) is 5.85. The summed E-state index contributed by atoms with van der Waals surface area (Å²) in [6.07, 6.45) is 0. The second-order valence-corrected chi connectivity index (χ2v) is 8.47. The van der Waals surface area contributed by atoms with E-state index in [1.54, 1.807) is 12.1 Å². The minimum Gasteiger partial charge on any atom is -0.448 e. The van der Waals surface area contributed by atoms with Crippen molar-refractivity contribution >= 4 is 23.5 Å². The Bertz CT molecular complexity index is 1240. The Balaban J connectivity index is 1.59. The lowest BCUT2D eigenvalue weighted by Crippen LogP contribution is -2.55. The van der Waals surface area contributed by atoms with Gasteiger partial charge in [0, 0.05) is 24.0 Å². The third-order valence-corrected chi connectivity index (χ3v) is 6.86. The van der Waals surface area contributed by atoms with E-state index in [2.05, 4.69) is 5.43 Å². The van der Waals surface area contributed by atoms with Crippen LogP contribution in [0.3, 0.4) is 0 Å². The molecule has 2 atom stereocenters. The maximum Gasteiger partial charge on any atom is 0.303 e. The number of rotatable bonds is 3. The molecule has 3 aromatic rings. The van der Waals surface area contributed by atoms with Gasteiger partial charge in [-0.15, -0.1) is 0 Å². The number of anilines is 1. The number of nitrogens with zero attached hydrogens (tertiary/aromatic N) is 1. The smallest absolute Gasteiger partial charge is 0.303 e. The summed E-state index contributed by atoms with van der Waals surface area (Å²) in [5.74, 6) is -2.99. The largest absolute Gasteiger partial charge is 0.448 e. The molecule has 1 aliphatic heterocycles. The van der Waals surface area contributed by atoms with E-state index in [4.69, 9.17) is 4.74 Å². The normalized spacial score (nSPS) is 26.9. The van der Waals surface area contributed by atoms with Gasteiger partial charge in [-0.1, -0.05) is 66.7 Å². The Morgan fingerprint density at radius 1 is 0.844 bits per heavy atom. The Hall–Kier alpha value is -3.93. The highest BCUT2D eigenvalue weighted by atomic mass is 16.6. The van der Waals surface area contributed by atoms with Gasteiger partial charge in [0.15, 0.2) is 5.60 Å². The number of benzene rings is 3. The van der Waals surface area contributed by atoms with Crippen molar-refractivity contribution in [2.45, 2.75) is 18.4 Å². The molecule has 4 aliphatic rings. The molecular formula is C26H20N2O4. The van der Waals surface area contributed by atoms with Gasteiger partial charge in [-0.2, -0.15) is 5.01 Å². The van der Waals surface area contributed by atoms with E-state index in [0.717, 1.165) is 27.3 Å². The van der Waals surface area contributed by atoms with E-state index in [9.17, 15) is 14.4 Å². The summed E-state index contributed by atoms with van der Waals surface area (Å²) < 4.78 is 6.08.